The highest BCUT2D eigenvalue weighted by molar-refractivity contribution is 7.84. The molecule has 2 nitrogen and oxygen atoms in total. The van der Waals surface area contributed by atoms with Crippen LogP contribution in [0.4, 0.5) is 5.69 Å². The van der Waals surface area contributed by atoms with Crippen LogP contribution in [0.5, 0.6) is 0 Å². The third-order valence-corrected chi connectivity index (χ3v) is 4.72. The molecule has 1 atom stereocenters. The van der Waals surface area contributed by atoms with Crippen LogP contribution < -0.4 is 5.73 Å². The second kappa shape index (κ2) is 5.57. The monoisotopic (exact) mass is 273 g/mol. The molecule has 0 saturated heterocycles. The summed E-state index contributed by atoms with van der Waals surface area (Å²) in [5.41, 5.74) is 11.2. The van der Waals surface area contributed by atoms with Crippen molar-refractivity contribution in [2.75, 3.05) is 5.73 Å². The van der Waals surface area contributed by atoms with Gasteiger partial charge >= 0.3 is 0 Å². The zero-order valence-corrected chi connectivity index (χ0v) is 12.4. The fraction of sp³-hybridized carbons (Fsp3) is 0.250. The molecule has 2 aromatic carbocycles. The maximum absolute atomic E-state index is 12.4. The largest absolute Gasteiger partial charge is 0.398 e. The molecule has 0 fully saturated rings. The van der Waals surface area contributed by atoms with Crippen molar-refractivity contribution < 1.29 is 4.21 Å². The Morgan fingerprint density at radius 3 is 2.42 bits per heavy atom. The lowest BCUT2D eigenvalue weighted by molar-refractivity contribution is 0.683. The lowest BCUT2D eigenvalue weighted by Gasteiger charge is -2.08. The number of anilines is 1. The number of aryl methyl sites for hydroxylation is 3. The van der Waals surface area contributed by atoms with Gasteiger partial charge in [-0.1, -0.05) is 24.3 Å². The summed E-state index contributed by atoms with van der Waals surface area (Å²) in [5.74, 6) is 0.509. The molecule has 0 amide bonds. The quantitative estimate of drug-likeness (QED) is 0.870. The van der Waals surface area contributed by atoms with E-state index in [9.17, 15) is 4.21 Å². The molecular weight excluding hydrogens is 254 g/mol. The number of rotatable bonds is 3. The van der Waals surface area contributed by atoms with Gasteiger partial charge in [0, 0.05) is 5.69 Å². The fourth-order valence-corrected chi connectivity index (χ4v) is 3.25. The van der Waals surface area contributed by atoms with E-state index in [1.54, 1.807) is 0 Å². The van der Waals surface area contributed by atoms with Crippen molar-refractivity contribution >= 4 is 16.5 Å². The molecule has 0 aliphatic heterocycles. The standard InChI is InChI=1S/C16H19NOS/c1-11-4-7-15(17)16(8-11)19(18)10-14-6-5-12(2)13(3)9-14/h4-9H,10,17H2,1-3H3. The summed E-state index contributed by atoms with van der Waals surface area (Å²) in [6.45, 7) is 6.13. The zero-order valence-electron chi connectivity index (χ0n) is 11.6. The lowest BCUT2D eigenvalue weighted by atomic mass is 10.1. The van der Waals surface area contributed by atoms with E-state index < -0.39 is 10.8 Å². The van der Waals surface area contributed by atoms with E-state index in [2.05, 4.69) is 26.0 Å². The van der Waals surface area contributed by atoms with E-state index in [0.717, 1.165) is 16.0 Å². The van der Waals surface area contributed by atoms with Crippen molar-refractivity contribution in [3.63, 3.8) is 0 Å². The van der Waals surface area contributed by atoms with Crippen LogP contribution in [0, 0.1) is 20.8 Å². The van der Waals surface area contributed by atoms with Gasteiger partial charge in [-0.05, 0) is 55.2 Å². The van der Waals surface area contributed by atoms with Crippen LogP contribution in [0.15, 0.2) is 41.3 Å². The summed E-state index contributed by atoms with van der Waals surface area (Å²) in [4.78, 5) is 0.734. The molecule has 2 N–H and O–H groups in total. The Hall–Kier alpha value is -1.61. The minimum atomic E-state index is -1.10. The first kappa shape index (κ1) is 13.8. The maximum atomic E-state index is 12.4. The summed E-state index contributed by atoms with van der Waals surface area (Å²) in [7, 11) is -1.10. The predicted octanol–water partition coefficient (Wildman–Crippen LogP) is 3.50. The van der Waals surface area contributed by atoms with Gasteiger partial charge in [0.1, 0.15) is 0 Å². The number of hydrogen-bond acceptors (Lipinski definition) is 2. The van der Waals surface area contributed by atoms with Gasteiger partial charge < -0.3 is 5.73 Å². The number of hydrogen-bond donors (Lipinski definition) is 1. The molecule has 0 aliphatic rings. The van der Waals surface area contributed by atoms with Crippen molar-refractivity contribution in [1.29, 1.82) is 0 Å². The smallest absolute Gasteiger partial charge is 0.0623 e. The minimum absolute atomic E-state index is 0.509. The van der Waals surface area contributed by atoms with Gasteiger partial charge in [0.05, 0.1) is 21.4 Å². The molecule has 0 aromatic heterocycles. The highest BCUT2D eigenvalue weighted by atomic mass is 32.2. The molecule has 1 unspecified atom stereocenters. The first-order valence-electron chi connectivity index (χ1n) is 6.28. The van der Waals surface area contributed by atoms with E-state index in [4.69, 9.17) is 5.73 Å². The second-order valence-electron chi connectivity index (χ2n) is 4.95. The summed E-state index contributed by atoms with van der Waals surface area (Å²) in [6, 6.07) is 11.9. The van der Waals surface area contributed by atoms with Crippen LogP contribution >= 0.6 is 0 Å². The highest BCUT2D eigenvalue weighted by Gasteiger charge is 2.09. The van der Waals surface area contributed by atoms with Crippen molar-refractivity contribution in [2.24, 2.45) is 0 Å². The van der Waals surface area contributed by atoms with Crippen LogP contribution in [0.2, 0.25) is 0 Å². The van der Waals surface area contributed by atoms with Gasteiger partial charge in [-0.15, -0.1) is 0 Å². The Labute approximate surface area is 117 Å². The summed E-state index contributed by atoms with van der Waals surface area (Å²) < 4.78 is 12.4. The Kier molecular flexibility index (Phi) is 4.05. The molecule has 2 rings (SSSR count). The van der Waals surface area contributed by atoms with E-state index in [1.165, 1.54) is 11.1 Å². The zero-order chi connectivity index (χ0) is 14.0. The van der Waals surface area contributed by atoms with Crippen LogP contribution in [-0.4, -0.2) is 4.21 Å². The number of nitrogen functional groups attached to an aromatic ring is 1. The van der Waals surface area contributed by atoms with Crippen LogP contribution in [0.1, 0.15) is 22.3 Å². The molecule has 19 heavy (non-hydrogen) atoms. The summed E-state index contributed by atoms with van der Waals surface area (Å²) in [6.07, 6.45) is 0. The van der Waals surface area contributed by atoms with Crippen LogP contribution in [0.25, 0.3) is 0 Å². The first-order valence-corrected chi connectivity index (χ1v) is 7.60. The van der Waals surface area contributed by atoms with Crippen LogP contribution in [-0.2, 0) is 16.6 Å². The van der Waals surface area contributed by atoms with Crippen molar-refractivity contribution in [2.45, 2.75) is 31.4 Å². The minimum Gasteiger partial charge on any atom is -0.398 e. The lowest BCUT2D eigenvalue weighted by Crippen LogP contribution is -2.02. The average molecular weight is 273 g/mol. The fourth-order valence-electron chi connectivity index (χ4n) is 1.96. The molecule has 0 saturated carbocycles. The van der Waals surface area contributed by atoms with Gasteiger partial charge in [-0.3, -0.25) is 4.21 Å². The third kappa shape index (κ3) is 3.24. The molecular formula is C16H19NOS. The maximum Gasteiger partial charge on any atom is 0.0623 e. The molecule has 2 aromatic rings. The first-order chi connectivity index (χ1) is 8.97. The van der Waals surface area contributed by atoms with E-state index in [1.807, 2.05) is 31.2 Å². The van der Waals surface area contributed by atoms with Gasteiger partial charge in [-0.2, -0.15) is 0 Å². The summed E-state index contributed by atoms with van der Waals surface area (Å²) in [5, 5.41) is 0. The van der Waals surface area contributed by atoms with Gasteiger partial charge in [-0.25, -0.2) is 0 Å². The summed E-state index contributed by atoms with van der Waals surface area (Å²) >= 11 is 0. The topological polar surface area (TPSA) is 43.1 Å². The van der Waals surface area contributed by atoms with Gasteiger partial charge in [0.15, 0.2) is 0 Å². The van der Waals surface area contributed by atoms with Gasteiger partial charge in [0.25, 0.3) is 0 Å². The van der Waals surface area contributed by atoms with Crippen LogP contribution in [0.3, 0.4) is 0 Å². The highest BCUT2D eigenvalue weighted by Crippen LogP contribution is 2.21. The Balaban J connectivity index is 2.25. The molecule has 0 radical (unpaired) electrons. The SMILES string of the molecule is Cc1ccc(N)c(S(=O)Cc2ccc(C)c(C)c2)c1. The van der Waals surface area contributed by atoms with Gasteiger partial charge in [0.2, 0.25) is 0 Å². The normalized spacial score (nSPS) is 12.4. The molecule has 3 heteroatoms. The Bertz CT molecular complexity index is 635. The number of nitrogens with two attached hydrogens (primary N) is 1. The second-order valence-corrected chi connectivity index (χ2v) is 6.37. The average Bonchev–Trinajstić information content (AvgIpc) is 2.36. The van der Waals surface area contributed by atoms with Crippen molar-refractivity contribution in [3.8, 4) is 0 Å². The molecule has 0 spiro atoms. The Morgan fingerprint density at radius 1 is 1.00 bits per heavy atom. The number of benzene rings is 2. The predicted molar refractivity (Wildman–Crippen MR) is 81.6 cm³/mol. The molecule has 0 bridgehead atoms. The van der Waals surface area contributed by atoms with E-state index >= 15 is 0 Å². The van der Waals surface area contributed by atoms with Crippen molar-refractivity contribution in [3.05, 3.63) is 58.7 Å². The van der Waals surface area contributed by atoms with Crippen molar-refractivity contribution in [1.82, 2.24) is 0 Å². The van der Waals surface area contributed by atoms with E-state index in [-0.39, 0.29) is 0 Å². The molecule has 0 heterocycles. The molecule has 0 aliphatic carbocycles. The third-order valence-electron chi connectivity index (χ3n) is 3.28. The van der Waals surface area contributed by atoms with E-state index in [0.29, 0.717) is 11.4 Å². The Morgan fingerprint density at radius 2 is 1.74 bits per heavy atom. The molecule has 100 valence electrons.